The second kappa shape index (κ2) is 8.52. The average Bonchev–Trinajstić information content (AvgIpc) is 2.94. The minimum absolute atomic E-state index is 0.719. The molecule has 0 fully saturated rings. The number of methoxy groups -OCH3 is 1. The van der Waals surface area contributed by atoms with Crippen LogP contribution in [0.15, 0.2) is 46.9 Å². The Hall–Kier alpha value is -2.30. The number of benzene rings is 2. The molecule has 4 heteroatoms. The van der Waals surface area contributed by atoms with Crippen molar-refractivity contribution in [3.05, 3.63) is 53.8 Å². The van der Waals surface area contributed by atoms with Gasteiger partial charge < -0.3 is 20.6 Å². The average molecular weight is 326 g/mol. The van der Waals surface area contributed by atoms with Gasteiger partial charge in [-0.3, -0.25) is 0 Å². The molecule has 1 aromatic heterocycles. The van der Waals surface area contributed by atoms with Crippen molar-refractivity contribution in [2.45, 2.75) is 20.3 Å². The molecule has 0 aliphatic carbocycles. The standard InChI is InChI=1S/C17H16O2.C3H10N2/c1-11-15(18-3)10-9-14-16(12(2)19-17(11)14)13-7-5-4-6-8-13;4-2-1-3-5/h4-10H,1-3H3;1-5H2. The van der Waals surface area contributed by atoms with E-state index in [2.05, 4.69) is 18.2 Å². The van der Waals surface area contributed by atoms with Crippen molar-refractivity contribution in [3.63, 3.8) is 0 Å². The van der Waals surface area contributed by atoms with E-state index in [9.17, 15) is 0 Å². The Labute approximate surface area is 143 Å². The van der Waals surface area contributed by atoms with Crippen molar-refractivity contribution in [2.24, 2.45) is 11.5 Å². The molecule has 0 bridgehead atoms. The van der Waals surface area contributed by atoms with Crippen molar-refractivity contribution in [1.29, 1.82) is 0 Å². The molecule has 0 radical (unpaired) electrons. The van der Waals surface area contributed by atoms with Crippen LogP contribution in [0.25, 0.3) is 22.1 Å². The van der Waals surface area contributed by atoms with Crippen LogP contribution in [0.3, 0.4) is 0 Å². The number of hydrogen-bond donors (Lipinski definition) is 2. The Morgan fingerprint density at radius 3 is 2.17 bits per heavy atom. The molecule has 0 spiro atoms. The van der Waals surface area contributed by atoms with E-state index in [1.54, 1.807) is 7.11 Å². The first-order valence-corrected chi connectivity index (χ1v) is 8.16. The summed E-state index contributed by atoms with van der Waals surface area (Å²) in [5.74, 6) is 1.80. The quantitative estimate of drug-likeness (QED) is 0.759. The molecule has 0 saturated carbocycles. The van der Waals surface area contributed by atoms with E-state index in [0.29, 0.717) is 0 Å². The van der Waals surface area contributed by atoms with E-state index in [1.807, 2.05) is 38.1 Å². The molecule has 0 saturated heterocycles. The highest BCUT2D eigenvalue weighted by Crippen LogP contribution is 2.38. The summed E-state index contributed by atoms with van der Waals surface area (Å²) in [6.45, 7) is 5.47. The lowest BCUT2D eigenvalue weighted by atomic mass is 10.0. The van der Waals surface area contributed by atoms with Crippen LogP contribution in [-0.4, -0.2) is 20.2 Å². The molecule has 4 N–H and O–H groups in total. The monoisotopic (exact) mass is 326 g/mol. The number of fused-ring (bicyclic) bond motifs is 1. The zero-order valence-corrected chi connectivity index (χ0v) is 14.6. The first-order valence-electron chi connectivity index (χ1n) is 8.16. The Morgan fingerprint density at radius 1 is 0.958 bits per heavy atom. The molecule has 0 atom stereocenters. The Kier molecular flexibility index (Phi) is 6.41. The summed E-state index contributed by atoms with van der Waals surface area (Å²) in [7, 11) is 1.68. The largest absolute Gasteiger partial charge is 0.496 e. The number of aryl methyl sites for hydroxylation is 2. The van der Waals surface area contributed by atoms with Crippen LogP contribution >= 0.6 is 0 Å². The van der Waals surface area contributed by atoms with Crippen LogP contribution in [0.1, 0.15) is 17.7 Å². The lowest BCUT2D eigenvalue weighted by molar-refractivity contribution is 0.411. The molecular weight excluding hydrogens is 300 g/mol. The van der Waals surface area contributed by atoms with E-state index in [1.165, 1.54) is 11.1 Å². The number of rotatable bonds is 4. The van der Waals surface area contributed by atoms with Crippen molar-refractivity contribution in [3.8, 4) is 16.9 Å². The van der Waals surface area contributed by atoms with E-state index < -0.39 is 0 Å². The highest BCUT2D eigenvalue weighted by atomic mass is 16.5. The smallest absolute Gasteiger partial charge is 0.141 e. The minimum Gasteiger partial charge on any atom is -0.496 e. The molecule has 3 aromatic rings. The molecule has 0 amide bonds. The number of hydrogen-bond acceptors (Lipinski definition) is 4. The highest BCUT2D eigenvalue weighted by molar-refractivity contribution is 5.97. The third-order valence-electron chi connectivity index (χ3n) is 3.92. The number of furan rings is 1. The first-order chi connectivity index (χ1) is 11.6. The van der Waals surface area contributed by atoms with Gasteiger partial charge in [0.05, 0.1) is 7.11 Å². The van der Waals surface area contributed by atoms with Crippen LogP contribution in [-0.2, 0) is 0 Å². The maximum absolute atomic E-state index is 5.95. The predicted molar refractivity (Wildman–Crippen MR) is 100 cm³/mol. The maximum Gasteiger partial charge on any atom is 0.141 e. The fraction of sp³-hybridized carbons (Fsp3) is 0.300. The van der Waals surface area contributed by atoms with Gasteiger partial charge in [-0.2, -0.15) is 0 Å². The fourth-order valence-corrected chi connectivity index (χ4v) is 2.70. The van der Waals surface area contributed by atoms with Crippen molar-refractivity contribution in [1.82, 2.24) is 0 Å². The first kappa shape index (κ1) is 18.0. The summed E-state index contributed by atoms with van der Waals surface area (Å²) in [5, 5.41) is 1.14. The molecule has 4 nitrogen and oxygen atoms in total. The molecule has 2 aromatic carbocycles. The van der Waals surface area contributed by atoms with Crippen molar-refractivity contribution in [2.75, 3.05) is 20.2 Å². The van der Waals surface area contributed by atoms with Gasteiger partial charge in [-0.05, 0) is 51.1 Å². The van der Waals surface area contributed by atoms with E-state index in [0.717, 1.165) is 47.6 Å². The van der Waals surface area contributed by atoms with Crippen LogP contribution in [0, 0.1) is 13.8 Å². The summed E-state index contributed by atoms with van der Waals surface area (Å²) in [6, 6.07) is 14.4. The number of nitrogens with two attached hydrogens (primary N) is 2. The Morgan fingerprint density at radius 2 is 1.62 bits per heavy atom. The summed E-state index contributed by atoms with van der Waals surface area (Å²) < 4.78 is 11.3. The van der Waals surface area contributed by atoms with Gasteiger partial charge in [-0.25, -0.2) is 0 Å². The summed E-state index contributed by atoms with van der Waals surface area (Å²) in [6.07, 6.45) is 0.944. The Bertz CT molecular complexity index is 777. The zero-order valence-electron chi connectivity index (χ0n) is 14.6. The normalized spacial score (nSPS) is 10.4. The second-order valence-corrected chi connectivity index (χ2v) is 5.60. The summed E-state index contributed by atoms with van der Waals surface area (Å²) in [4.78, 5) is 0. The van der Waals surface area contributed by atoms with Gasteiger partial charge in [-0.15, -0.1) is 0 Å². The number of ether oxygens (including phenoxy) is 1. The van der Waals surface area contributed by atoms with Crippen LogP contribution in [0.2, 0.25) is 0 Å². The highest BCUT2D eigenvalue weighted by Gasteiger charge is 2.16. The Balaban J connectivity index is 0.000000368. The van der Waals surface area contributed by atoms with Crippen molar-refractivity contribution >= 4 is 11.0 Å². The van der Waals surface area contributed by atoms with E-state index in [-0.39, 0.29) is 0 Å². The molecule has 0 unspecified atom stereocenters. The van der Waals surface area contributed by atoms with Gasteiger partial charge >= 0.3 is 0 Å². The van der Waals surface area contributed by atoms with Crippen LogP contribution in [0.4, 0.5) is 0 Å². The molecule has 0 aliphatic rings. The third kappa shape index (κ3) is 3.78. The summed E-state index contributed by atoms with van der Waals surface area (Å²) in [5.41, 5.74) is 14.4. The summed E-state index contributed by atoms with van der Waals surface area (Å²) >= 11 is 0. The molecule has 0 aliphatic heterocycles. The van der Waals surface area contributed by atoms with Crippen LogP contribution in [0.5, 0.6) is 5.75 Å². The van der Waals surface area contributed by atoms with E-state index in [4.69, 9.17) is 20.6 Å². The molecule has 128 valence electrons. The minimum atomic E-state index is 0.719. The van der Waals surface area contributed by atoms with Gasteiger partial charge in [0.25, 0.3) is 0 Å². The van der Waals surface area contributed by atoms with Gasteiger partial charge in [-0.1, -0.05) is 30.3 Å². The van der Waals surface area contributed by atoms with Gasteiger partial charge in [0.1, 0.15) is 17.1 Å². The predicted octanol–water partition coefficient (Wildman–Crippen LogP) is 4.02. The maximum atomic E-state index is 5.95. The van der Waals surface area contributed by atoms with Gasteiger partial charge in [0.2, 0.25) is 0 Å². The lowest BCUT2D eigenvalue weighted by Gasteiger charge is -2.04. The lowest BCUT2D eigenvalue weighted by Crippen LogP contribution is -2.06. The molecular formula is C20H26N2O2. The van der Waals surface area contributed by atoms with E-state index >= 15 is 0 Å². The second-order valence-electron chi connectivity index (χ2n) is 5.60. The SMILES string of the molecule is COc1ccc2c(-c3ccccc3)c(C)oc2c1C.NCCCN. The molecule has 24 heavy (non-hydrogen) atoms. The van der Waals surface area contributed by atoms with Crippen molar-refractivity contribution < 1.29 is 9.15 Å². The topological polar surface area (TPSA) is 74.4 Å². The molecule has 3 rings (SSSR count). The van der Waals surface area contributed by atoms with Gasteiger partial charge in [0.15, 0.2) is 0 Å². The fourth-order valence-electron chi connectivity index (χ4n) is 2.70. The van der Waals surface area contributed by atoms with Gasteiger partial charge in [0, 0.05) is 16.5 Å². The zero-order chi connectivity index (χ0) is 17.5. The van der Waals surface area contributed by atoms with Crippen LogP contribution < -0.4 is 16.2 Å². The third-order valence-corrected chi connectivity index (χ3v) is 3.92. The molecule has 1 heterocycles.